The van der Waals surface area contributed by atoms with Crippen molar-refractivity contribution in [3.05, 3.63) is 112 Å². The predicted octanol–water partition coefficient (Wildman–Crippen LogP) is 8.70. The minimum atomic E-state index is -4.52. The number of nitrogens with one attached hydrogen (secondary N) is 3. The van der Waals surface area contributed by atoms with E-state index < -0.39 is 21.6 Å². The molecule has 0 radical (unpaired) electrons. The number of carbonyl (C=O) groups is 1. The number of carbonyl (C=O) groups excluding carboxylic acids is 1. The van der Waals surface area contributed by atoms with Crippen LogP contribution in [-0.2, 0) is 10.0 Å². The Morgan fingerprint density at radius 1 is 0.953 bits per heavy atom. The fourth-order valence-corrected chi connectivity index (χ4v) is 10.3. The highest BCUT2D eigenvalue weighted by Gasteiger charge is 2.34. The summed E-state index contributed by atoms with van der Waals surface area (Å²) in [7, 11) is -2.58. The van der Waals surface area contributed by atoms with Gasteiger partial charge in [-0.1, -0.05) is 43.2 Å². The third-order valence-electron chi connectivity index (χ3n) is 13.1. The van der Waals surface area contributed by atoms with Crippen LogP contribution in [0.5, 0.6) is 0 Å². The van der Waals surface area contributed by atoms with Crippen LogP contribution in [0.15, 0.2) is 101 Å². The number of allylic oxidation sites excluding steroid dienone is 1. The first-order valence-electron chi connectivity index (χ1n) is 21.7. The summed E-state index contributed by atoms with van der Waals surface area (Å²) in [5.41, 5.74) is 6.03. The van der Waals surface area contributed by atoms with Gasteiger partial charge in [-0.25, -0.2) is 27.2 Å². The molecule has 3 aromatic heterocycles. The lowest BCUT2D eigenvalue weighted by Crippen LogP contribution is -2.47. The lowest BCUT2D eigenvalue weighted by Gasteiger charge is -2.39. The van der Waals surface area contributed by atoms with Gasteiger partial charge in [0, 0.05) is 74.7 Å². The maximum Gasteiger partial charge on any atom is 0.267 e. The minimum Gasteiger partial charge on any atom is -0.380 e. The molecule has 2 saturated heterocycles. The summed E-state index contributed by atoms with van der Waals surface area (Å²) in [4.78, 5) is 40.4. The maximum absolute atomic E-state index is 15.5. The molecule has 334 valence electrons. The molecule has 0 unspecified atom stereocenters. The average molecular weight is 908 g/mol. The van der Waals surface area contributed by atoms with Crippen LogP contribution >= 0.6 is 11.6 Å². The van der Waals surface area contributed by atoms with Crippen LogP contribution < -0.4 is 14.9 Å². The summed E-state index contributed by atoms with van der Waals surface area (Å²) in [6.45, 7) is 9.84. The summed E-state index contributed by atoms with van der Waals surface area (Å²) in [5.74, 6) is -0.893. The predicted molar refractivity (Wildman–Crippen MR) is 251 cm³/mol. The van der Waals surface area contributed by atoms with Gasteiger partial charge in [-0.15, -0.1) is 4.91 Å². The molecule has 1 aliphatic carbocycles. The van der Waals surface area contributed by atoms with E-state index in [0.717, 1.165) is 74.1 Å². The van der Waals surface area contributed by atoms with Gasteiger partial charge in [-0.2, -0.15) is 5.10 Å². The van der Waals surface area contributed by atoms with Crippen molar-refractivity contribution in [2.45, 2.75) is 56.5 Å². The van der Waals surface area contributed by atoms with Crippen LogP contribution in [-0.4, -0.2) is 109 Å². The number of halogens is 2. The lowest BCUT2D eigenvalue weighted by atomic mass is 9.72. The Morgan fingerprint density at radius 3 is 2.47 bits per heavy atom. The van der Waals surface area contributed by atoms with E-state index in [1.807, 2.05) is 43.4 Å². The van der Waals surface area contributed by atoms with Crippen LogP contribution in [0.3, 0.4) is 0 Å². The summed E-state index contributed by atoms with van der Waals surface area (Å²) < 4.78 is 46.9. The second-order valence-corrected chi connectivity index (χ2v) is 20.4. The van der Waals surface area contributed by atoms with Gasteiger partial charge in [0.1, 0.15) is 22.5 Å². The van der Waals surface area contributed by atoms with Crippen molar-refractivity contribution in [3.8, 4) is 5.69 Å². The number of hydrogen-bond acceptors (Lipinski definition) is 11. The smallest absolute Gasteiger partial charge is 0.267 e. The average Bonchev–Trinajstić information content (AvgIpc) is 3.93. The van der Waals surface area contributed by atoms with Crippen molar-refractivity contribution in [3.63, 3.8) is 0 Å². The minimum absolute atomic E-state index is 0.0588. The van der Waals surface area contributed by atoms with Crippen LogP contribution in [0.25, 0.3) is 33.3 Å². The van der Waals surface area contributed by atoms with Crippen molar-refractivity contribution in [2.75, 3.05) is 69.6 Å². The summed E-state index contributed by atoms with van der Waals surface area (Å²) in [6, 6.07) is 21.0. The van der Waals surface area contributed by atoms with E-state index in [0.29, 0.717) is 48.3 Å². The maximum atomic E-state index is 15.5. The number of nitrogens with zero attached hydrogens (tertiary/aromatic N) is 7. The van der Waals surface area contributed by atoms with Gasteiger partial charge in [0.2, 0.25) is 0 Å². The number of amides is 1. The highest BCUT2D eigenvalue weighted by atomic mass is 35.5. The molecular formula is C47H52ClFN10O4S. The van der Waals surface area contributed by atoms with Crippen LogP contribution in [0.4, 0.5) is 21.5 Å². The first kappa shape index (κ1) is 43.6. The molecule has 6 aromatic rings. The molecule has 3 N–H and O–H groups in total. The van der Waals surface area contributed by atoms with E-state index in [4.69, 9.17) is 16.6 Å². The Morgan fingerprint density at radius 2 is 1.72 bits per heavy atom. The number of sulfonamides is 1. The normalized spacial score (nSPS) is 18.4. The lowest BCUT2D eigenvalue weighted by molar-refractivity contribution is 0.0812. The highest BCUT2D eigenvalue weighted by molar-refractivity contribution is 7.90. The number of nitroso groups, excluding NO2 is 1. The molecule has 0 atom stereocenters. The molecule has 5 heterocycles. The van der Waals surface area contributed by atoms with Gasteiger partial charge < -0.3 is 20.1 Å². The number of piperazine rings is 1. The SMILES string of the molecule is CN1CCC(F)(CNc2ccc(S(=O)(=O)NC(=O)c3ccc(N4CCN(CC5=C(c6ccc(Cl)cc6)CC(C)(C)CC5)CC4)cc3-n3ncc4nc5[nH]ccc5cc43)cc2N=O)CC1. The van der Waals surface area contributed by atoms with Gasteiger partial charge in [0.15, 0.2) is 0 Å². The summed E-state index contributed by atoms with van der Waals surface area (Å²) in [5, 5.41) is 12.2. The van der Waals surface area contributed by atoms with Crippen LogP contribution in [0.1, 0.15) is 61.9 Å². The summed E-state index contributed by atoms with van der Waals surface area (Å²) >= 11 is 6.26. The molecule has 2 fully saturated rings. The third-order valence-corrected chi connectivity index (χ3v) is 14.7. The standard InChI is InChI=1S/C47H52ClFN10O4S/c1-46(2)14-12-33(38(27-46)31-4-6-34(48)7-5-31)29-57-20-22-58(23-21-57)35-8-10-37(42(25-35)59-43-24-32-13-17-50-44(32)53-41(43)28-52-59)45(60)55-64(62,63)36-9-11-39(40(26-36)54-61)51-30-47(49)15-18-56(3)19-16-47/h4-11,13,17,24-26,28,51H,12,14-16,18-23,27,29-30H2,1-3H3,(H,50,53)(H,55,60). The zero-order valence-electron chi connectivity index (χ0n) is 36.2. The molecule has 14 nitrogen and oxygen atoms in total. The topological polar surface area (TPSA) is 161 Å². The second-order valence-electron chi connectivity index (χ2n) is 18.3. The fourth-order valence-electron chi connectivity index (χ4n) is 9.19. The molecule has 17 heteroatoms. The number of anilines is 2. The Labute approximate surface area is 376 Å². The molecule has 0 bridgehead atoms. The van der Waals surface area contributed by atoms with E-state index in [2.05, 4.69) is 66.0 Å². The Kier molecular flexibility index (Phi) is 11.8. The number of fused-ring (bicyclic) bond motifs is 2. The van der Waals surface area contributed by atoms with Crippen molar-refractivity contribution in [1.82, 2.24) is 34.3 Å². The Bertz CT molecular complexity index is 2880. The first-order valence-corrected chi connectivity index (χ1v) is 23.6. The molecule has 1 amide bonds. The monoisotopic (exact) mass is 906 g/mol. The number of aromatic nitrogens is 4. The molecule has 3 aliphatic rings. The van der Waals surface area contributed by atoms with Gasteiger partial charge >= 0.3 is 0 Å². The number of hydrogen-bond donors (Lipinski definition) is 3. The Balaban J connectivity index is 0.964. The Hall–Kier alpha value is -5.68. The van der Waals surface area contributed by atoms with E-state index in [-0.39, 0.29) is 33.8 Å². The number of piperidine rings is 1. The molecule has 0 spiro atoms. The number of likely N-dealkylation sites (tertiary alicyclic amines) is 1. The number of rotatable bonds is 12. The molecule has 3 aromatic carbocycles. The van der Waals surface area contributed by atoms with Crippen molar-refractivity contribution in [1.29, 1.82) is 0 Å². The van der Waals surface area contributed by atoms with Gasteiger partial charge in [0.05, 0.1) is 33.5 Å². The number of alkyl halides is 1. The first-order chi connectivity index (χ1) is 30.7. The highest BCUT2D eigenvalue weighted by Crippen LogP contribution is 2.43. The van der Waals surface area contributed by atoms with Crippen LogP contribution in [0.2, 0.25) is 5.02 Å². The number of H-pyrrole nitrogens is 1. The van der Waals surface area contributed by atoms with Crippen molar-refractivity contribution >= 4 is 72.2 Å². The molecule has 64 heavy (non-hydrogen) atoms. The van der Waals surface area contributed by atoms with Crippen molar-refractivity contribution in [2.24, 2.45) is 10.6 Å². The van der Waals surface area contributed by atoms with E-state index in [1.165, 1.54) is 28.8 Å². The van der Waals surface area contributed by atoms with Gasteiger partial charge in [0.25, 0.3) is 15.9 Å². The zero-order valence-corrected chi connectivity index (χ0v) is 37.8. The number of pyridine rings is 1. The number of aromatic amines is 1. The quantitative estimate of drug-likeness (QED) is 0.101. The summed E-state index contributed by atoms with van der Waals surface area (Å²) in [6.07, 6.45) is 7.26. The van der Waals surface area contributed by atoms with Crippen LogP contribution in [0, 0.1) is 10.3 Å². The number of benzene rings is 3. The van der Waals surface area contributed by atoms with E-state index >= 15 is 4.39 Å². The molecule has 2 aliphatic heterocycles. The molecular weight excluding hydrogens is 855 g/mol. The van der Waals surface area contributed by atoms with Crippen molar-refractivity contribution < 1.29 is 17.6 Å². The third kappa shape index (κ3) is 9.14. The van der Waals surface area contributed by atoms with E-state index in [1.54, 1.807) is 23.1 Å². The zero-order chi connectivity index (χ0) is 44.8. The van der Waals surface area contributed by atoms with E-state index in [9.17, 15) is 18.1 Å². The second kappa shape index (κ2) is 17.4. The van der Waals surface area contributed by atoms with Gasteiger partial charge in [-0.3, -0.25) is 9.69 Å². The van der Waals surface area contributed by atoms with Gasteiger partial charge in [-0.05, 0) is 122 Å². The molecule has 9 rings (SSSR count). The largest absolute Gasteiger partial charge is 0.380 e. The fraction of sp³-hybridized carbons (Fsp3) is 0.383. The molecule has 0 saturated carbocycles.